The van der Waals surface area contributed by atoms with Gasteiger partial charge in [-0.05, 0) is 77.6 Å². The molecule has 0 saturated carbocycles. The maximum Gasteiger partial charge on any atom is 0.323 e. The lowest BCUT2D eigenvalue weighted by molar-refractivity contribution is 0.625. The van der Waals surface area contributed by atoms with Crippen LogP contribution in [0, 0.1) is 17.1 Å². The van der Waals surface area contributed by atoms with E-state index in [4.69, 9.17) is 0 Å². The predicted octanol–water partition coefficient (Wildman–Crippen LogP) is 3.95. The number of halogens is 1. The summed E-state index contributed by atoms with van der Waals surface area (Å²) in [6.45, 7) is 0. The molecule has 140 valence electrons. The lowest BCUT2D eigenvalue weighted by Gasteiger charge is -2.12. The first kappa shape index (κ1) is 17.1. The van der Waals surface area contributed by atoms with Gasteiger partial charge in [-0.15, -0.1) is 0 Å². The SMILES string of the molecule is N#Cc1ccc2c(n1)CCc1cc(F)ccc1C2=Cc1ccc2[nH]c(=O)[nH]c2c1. The highest BCUT2D eigenvalue weighted by Crippen LogP contribution is 2.35. The van der Waals surface area contributed by atoms with Crippen LogP contribution in [0.3, 0.4) is 0 Å². The summed E-state index contributed by atoms with van der Waals surface area (Å²) >= 11 is 0. The number of nitriles is 1. The Labute approximate surface area is 165 Å². The molecule has 0 spiro atoms. The number of aromatic nitrogens is 3. The van der Waals surface area contributed by atoms with Crippen LogP contribution in [-0.4, -0.2) is 15.0 Å². The number of fused-ring (bicyclic) bond motifs is 3. The molecule has 0 saturated heterocycles. The second-order valence-corrected chi connectivity index (χ2v) is 7.05. The highest BCUT2D eigenvalue weighted by Gasteiger charge is 2.20. The number of hydrogen-bond acceptors (Lipinski definition) is 3. The van der Waals surface area contributed by atoms with Crippen molar-refractivity contribution < 1.29 is 4.39 Å². The number of rotatable bonds is 1. The van der Waals surface area contributed by atoms with Crippen molar-refractivity contribution in [2.24, 2.45) is 0 Å². The van der Waals surface area contributed by atoms with Crippen LogP contribution in [0.4, 0.5) is 4.39 Å². The van der Waals surface area contributed by atoms with Crippen LogP contribution in [0.2, 0.25) is 0 Å². The Bertz CT molecular complexity index is 1400. The molecule has 2 N–H and O–H groups in total. The van der Waals surface area contributed by atoms with Crippen LogP contribution in [0.1, 0.15) is 33.6 Å². The summed E-state index contributed by atoms with van der Waals surface area (Å²) in [6.07, 6.45) is 3.28. The van der Waals surface area contributed by atoms with Crippen molar-refractivity contribution in [1.29, 1.82) is 5.26 Å². The molecule has 6 heteroatoms. The average Bonchev–Trinajstić information content (AvgIpc) is 3.02. The van der Waals surface area contributed by atoms with Gasteiger partial charge in [-0.25, -0.2) is 14.2 Å². The van der Waals surface area contributed by atoms with Crippen molar-refractivity contribution >= 4 is 22.7 Å². The van der Waals surface area contributed by atoms with E-state index in [0.29, 0.717) is 18.5 Å². The van der Waals surface area contributed by atoms with Crippen molar-refractivity contribution in [1.82, 2.24) is 15.0 Å². The van der Waals surface area contributed by atoms with Gasteiger partial charge in [-0.1, -0.05) is 12.1 Å². The van der Waals surface area contributed by atoms with E-state index < -0.39 is 0 Å². The highest BCUT2D eigenvalue weighted by molar-refractivity contribution is 5.95. The molecular weight excluding hydrogens is 367 g/mol. The monoisotopic (exact) mass is 382 g/mol. The second kappa shape index (κ2) is 6.57. The normalized spacial score (nSPS) is 14.3. The summed E-state index contributed by atoms with van der Waals surface area (Å²) in [7, 11) is 0. The Morgan fingerprint density at radius 3 is 2.69 bits per heavy atom. The molecule has 0 radical (unpaired) electrons. The number of nitrogens with zero attached hydrogens (tertiary/aromatic N) is 2. The Morgan fingerprint density at radius 2 is 1.83 bits per heavy atom. The van der Waals surface area contributed by atoms with Crippen LogP contribution in [0.5, 0.6) is 0 Å². The van der Waals surface area contributed by atoms with Crippen LogP contribution < -0.4 is 5.69 Å². The molecule has 2 aromatic heterocycles. The summed E-state index contributed by atoms with van der Waals surface area (Å²) in [5.41, 5.74) is 6.99. The van der Waals surface area contributed by atoms with Gasteiger partial charge >= 0.3 is 5.69 Å². The summed E-state index contributed by atoms with van der Waals surface area (Å²) in [6, 6.07) is 16.2. The third-order valence-corrected chi connectivity index (χ3v) is 5.22. The minimum atomic E-state index is -0.272. The van der Waals surface area contributed by atoms with Gasteiger partial charge in [0.05, 0.1) is 16.7 Å². The minimum Gasteiger partial charge on any atom is -0.306 e. The molecule has 0 bridgehead atoms. The molecule has 1 aliphatic rings. The summed E-state index contributed by atoms with van der Waals surface area (Å²) < 4.78 is 13.9. The first-order valence-corrected chi connectivity index (χ1v) is 9.24. The molecule has 5 nitrogen and oxygen atoms in total. The fourth-order valence-electron chi connectivity index (χ4n) is 3.89. The molecule has 2 heterocycles. The van der Waals surface area contributed by atoms with Crippen LogP contribution in [0.25, 0.3) is 22.7 Å². The lowest BCUT2D eigenvalue weighted by atomic mass is 9.93. The Morgan fingerprint density at radius 1 is 1.00 bits per heavy atom. The Hall–Kier alpha value is -3.98. The van der Waals surface area contributed by atoms with Crippen molar-refractivity contribution in [2.45, 2.75) is 12.8 Å². The van der Waals surface area contributed by atoms with E-state index in [0.717, 1.165) is 44.6 Å². The Kier molecular flexibility index (Phi) is 3.88. The third-order valence-electron chi connectivity index (χ3n) is 5.22. The molecule has 1 aliphatic carbocycles. The van der Waals surface area contributed by atoms with Gasteiger partial charge in [0.1, 0.15) is 17.6 Å². The molecular formula is C23H15FN4O. The molecule has 4 aromatic rings. The van der Waals surface area contributed by atoms with E-state index in [1.807, 2.05) is 30.3 Å². The number of aryl methyl sites for hydroxylation is 2. The predicted molar refractivity (Wildman–Crippen MR) is 109 cm³/mol. The average molecular weight is 382 g/mol. The van der Waals surface area contributed by atoms with Gasteiger partial charge in [-0.3, -0.25) is 0 Å². The maximum absolute atomic E-state index is 13.9. The molecule has 0 atom stereocenters. The minimum absolute atomic E-state index is 0.251. The van der Waals surface area contributed by atoms with Crippen molar-refractivity contribution in [3.63, 3.8) is 0 Å². The maximum atomic E-state index is 13.9. The summed E-state index contributed by atoms with van der Waals surface area (Å²) in [4.78, 5) is 21.6. The third kappa shape index (κ3) is 3.03. The molecule has 29 heavy (non-hydrogen) atoms. The smallest absolute Gasteiger partial charge is 0.306 e. The molecule has 0 aliphatic heterocycles. The van der Waals surface area contributed by atoms with Crippen LogP contribution >= 0.6 is 0 Å². The number of hydrogen-bond donors (Lipinski definition) is 2. The first-order chi connectivity index (χ1) is 14.1. The van der Waals surface area contributed by atoms with Gasteiger partial charge in [0, 0.05) is 5.56 Å². The zero-order valence-corrected chi connectivity index (χ0v) is 15.3. The fourth-order valence-corrected chi connectivity index (χ4v) is 3.89. The van der Waals surface area contributed by atoms with E-state index in [1.54, 1.807) is 18.2 Å². The number of aromatic amines is 2. The van der Waals surface area contributed by atoms with Crippen molar-refractivity contribution in [3.8, 4) is 6.07 Å². The van der Waals surface area contributed by atoms with Gasteiger partial charge in [0.25, 0.3) is 0 Å². The number of imidazole rings is 1. The van der Waals surface area contributed by atoms with E-state index in [-0.39, 0.29) is 11.5 Å². The molecule has 0 fully saturated rings. The number of pyridine rings is 1. The fraction of sp³-hybridized carbons (Fsp3) is 0.0870. The topological polar surface area (TPSA) is 85.3 Å². The quantitative estimate of drug-likeness (QED) is 0.523. The molecule has 0 amide bonds. The van der Waals surface area contributed by atoms with Crippen LogP contribution in [-0.2, 0) is 12.8 Å². The second-order valence-electron chi connectivity index (χ2n) is 7.05. The molecule has 5 rings (SSSR count). The first-order valence-electron chi connectivity index (χ1n) is 9.24. The zero-order valence-electron chi connectivity index (χ0n) is 15.3. The van der Waals surface area contributed by atoms with Crippen LogP contribution in [0.15, 0.2) is 53.3 Å². The van der Waals surface area contributed by atoms with Gasteiger partial charge < -0.3 is 9.97 Å². The number of benzene rings is 2. The number of H-pyrrole nitrogens is 2. The highest BCUT2D eigenvalue weighted by atomic mass is 19.1. The Balaban J connectivity index is 1.75. The van der Waals surface area contributed by atoms with Gasteiger partial charge in [0.15, 0.2) is 0 Å². The summed E-state index contributed by atoms with van der Waals surface area (Å²) in [5, 5.41) is 9.21. The van der Waals surface area contributed by atoms with Crippen molar-refractivity contribution in [2.75, 3.05) is 0 Å². The number of nitrogens with one attached hydrogen (secondary N) is 2. The van der Waals surface area contributed by atoms with E-state index in [2.05, 4.69) is 21.0 Å². The van der Waals surface area contributed by atoms with E-state index >= 15 is 0 Å². The van der Waals surface area contributed by atoms with E-state index in [1.165, 1.54) is 6.07 Å². The molecule has 2 aromatic carbocycles. The summed E-state index contributed by atoms with van der Waals surface area (Å²) in [5.74, 6) is -0.272. The standard InChI is InChI=1S/C23H15FN4O/c24-15-3-5-17-14(11-15)2-8-20-18(6-4-16(12-25)26-20)19(17)9-13-1-7-21-22(10-13)28-23(29)27-21/h1,3-7,9-11H,2,8H2,(H2,27,28,29). The largest absolute Gasteiger partial charge is 0.323 e. The van der Waals surface area contributed by atoms with Gasteiger partial charge in [0.2, 0.25) is 0 Å². The zero-order chi connectivity index (χ0) is 20.0. The van der Waals surface area contributed by atoms with E-state index in [9.17, 15) is 14.4 Å². The molecule has 0 unspecified atom stereocenters. The lowest BCUT2D eigenvalue weighted by Crippen LogP contribution is -1.99. The van der Waals surface area contributed by atoms with Crippen molar-refractivity contribution in [3.05, 3.63) is 98.5 Å². The van der Waals surface area contributed by atoms with Gasteiger partial charge in [-0.2, -0.15) is 5.26 Å².